The normalized spacial score (nSPS) is 8.28. The molecule has 1 rings (SSSR count). The molecule has 0 spiro atoms. The van der Waals surface area contributed by atoms with Crippen molar-refractivity contribution in [1.29, 1.82) is 0 Å². The maximum Gasteiger partial charge on any atom is 0.120 e. The smallest absolute Gasteiger partial charge is 0.120 e. The van der Waals surface area contributed by atoms with Gasteiger partial charge in [0, 0.05) is 19.2 Å². The number of nitrogens with one attached hydrogen (secondary N) is 1. The van der Waals surface area contributed by atoms with Gasteiger partial charge in [-0.2, -0.15) is 0 Å². The minimum absolute atomic E-state index is 0.608. The van der Waals surface area contributed by atoms with Crippen LogP contribution in [0.2, 0.25) is 0 Å². The van der Waals surface area contributed by atoms with Crippen molar-refractivity contribution in [3.8, 4) is 0 Å². The van der Waals surface area contributed by atoms with Crippen molar-refractivity contribution in [2.45, 2.75) is 40.0 Å². The van der Waals surface area contributed by atoms with Crippen molar-refractivity contribution in [2.75, 3.05) is 18.9 Å². The van der Waals surface area contributed by atoms with E-state index >= 15 is 0 Å². The van der Waals surface area contributed by atoms with Gasteiger partial charge < -0.3 is 15.8 Å². The minimum Gasteiger partial charge on any atom is -0.388 e. The highest BCUT2D eigenvalue weighted by Gasteiger charge is 1.88. The van der Waals surface area contributed by atoms with Gasteiger partial charge in [-0.3, -0.25) is 0 Å². The molecular weight excluding hydrogens is 224 g/mol. The van der Waals surface area contributed by atoms with Crippen molar-refractivity contribution in [3.05, 3.63) is 29.8 Å². The predicted octanol–water partition coefficient (Wildman–Crippen LogP) is 3.24. The van der Waals surface area contributed by atoms with Crippen LogP contribution in [0.4, 0.5) is 5.69 Å². The maximum atomic E-state index is 9.51. The van der Waals surface area contributed by atoms with Gasteiger partial charge in [-0.15, -0.1) is 0 Å². The van der Waals surface area contributed by atoms with E-state index in [-0.39, 0.29) is 0 Å². The first-order valence-electron chi connectivity index (χ1n) is 6.68. The van der Waals surface area contributed by atoms with Gasteiger partial charge in [-0.05, 0) is 37.1 Å². The Morgan fingerprint density at radius 3 is 2.39 bits per heavy atom. The molecule has 0 bridgehead atoms. The summed E-state index contributed by atoms with van der Waals surface area (Å²) in [5, 5.41) is 3.10. The van der Waals surface area contributed by atoms with Crippen LogP contribution >= 0.6 is 0 Å². The Hall–Kier alpha value is -1.35. The summed E-state index contributed by atoms with van der Waals surface area (Å²) < 4.78 is 0. The molecule has 0 aromatic heterocycles. The van der Waals surface area contributed by atoms with Gasteiger partial charge in [0.05, 0.1) is 0 Å². The highest BCUT2D eigenvalue weighted by atomic mass is 16.1. The lowest BCUT2D eigenvalue weighted by atomic mass is 10.1. The maximum absolute atomic E-state index is 9.51. The van der Waals surface area contributed by atoms with Gasteiger partial charge in [0.1, 0.15) is 6.29 Å². The minimum atomic E-state index is 0.608. The first-order valence-corrected chi connectivity index (χ1v) is 6.68. The third-order valence-electron chi connectivity index (χ3n) is 2.15. The molecule has 1 aromatic carbocycles. The molecule has 0 unspecified atom stereocenters. The molecule has 3 nitrogen and oxygen atoms in total. The fraction of sp³-hybridized carbons (Fsp3) is 0.533. The predicted molar refractivity (Wildman–Crippen MR) is 81.1 cm³/mol. The van der Waals surface area contributed by atoms with Gasteiger partial charge in [-0.1, -0.05) is 32.9 Å². The van der Waals surface area contributed by atoms with Crippen LogP contribution in [0.25, 0.3) is 0 Å². The van der Waals surface area contributed by atoms with Crippen LogP contribution in [-0.4, -0.2) is 19.9 Å². The summed E-state index contributed by atoms with van der Waals surface area (Å²) >= 11 is 0. The fourth-order valence-electron chi connectivity index (χ4n) is 1.15. The Morgan fingerprint density at radius 1 is 1.33 bits per heavy atom. The lowest BCUT2D eigenvalue weighted by Gasteiger charge is -2.00. The van der Waals surface area contributed by atoms with Crippen LogP contribution in [0.5, 0.6) is 0 Å². The molecule has 1 aromatic rings. The number of hydrogen-bond acceptors (Lipinski definition) is 3. The topological polar surface area (TPSA) is 55.1 Å². The van der Waals surface area contributed by atoms with Gasteiger partial charge in [0.25, 0.3) is 0 Å². The van der Waals surface area contributed by atoms with E-state index in [1.807, 2.05) is 20.9 Å². The SMILES string of the molecule is CC.CCc1cccc(NC)c1.NCCCC=O. The lowest BCUT2D eigenvalue weighted by molar-refractivity contribution is -0.107. The van der Waals surface area contributed by atoms with Crippen LogP contribution in [0.1, 0.15) is 39.2 Å². The van der Waals surface area contributed by atoms with Crippen molar-refractivity contribution >= 4 is 12.0 Å². The molecule has 3 heteroatoms. The second kappa shape index (κ2) is 15.6. The van der Waals surface area contributed by atoms with Crippen LogP contribution in [-0.2, 0) is 11.2 Å². The zero-order valence-corrected chi connectivity index (χ0v) is 12.2. The van der Waals surface area contributed by atoms with Gasteiger partial charge >= 0.3 is 0 Å². The number of nitrogens with two attached hydrogens (primary N) is 1. The second-order valence-corrected chi connectivity index (χ2v) is 3.40. The van der Waals surface area contributed by atoms with Crippen LogP contribution < -0.4 is 11.1 Å². The largest absolute Gasteiger partial charge is 0.388 e. The van der Waals surface area contributed by atoms with Crippen molar-refractivity contribution in [2.24, 2.45) is 5.73 Å². The summed E-state index contributed by atoms with van der Waals surface area (Å²) in [6.45, 7) is 6.79. The van der Waals surface area contributed by atoms with E-state index in [0.29, 0.717) is 13.0 Å². The number of carbonyl (C=O) groups excluding carboxylic acids is 1. The molecule has 0 fully saturated rings. The molecular formula is C15H28N2O. The number of unbranched alkanes of at least 4 members (excludes halogenated alkanes) is 1. The highest BCUT2D eigenvalue weighted by Crippen LogP contribution is 2.09. The van der Waals surface area contributed by atoms with E-state index in [1.165, 1.54) is 11.3 Å². The average Bonchev–Trinajstić information content (AvgIpc) is 2.47. The molecule has 0 radical (unpaired) electrons. The third kappa shape index (κ3) is 11.1. The number of aryl methyl sites for hydroxylation is 1. The molecule has 0 aliphatic carbocycles. The number of anilines is 1. The molecule has 18 heavy (non-hydrogen) atoms. The Bertz CT molecular complexity index is 268. The zero-order chi connectivity index (χ0) is 14.2. The summed E-state index contributed by atoms with van der Waals surface area (Å²) in [7, 11) is 1.94. The van der Waals surface area contributed by atoms with Crippen LogP contribution in [0.15, 0.2) is 24.3 Å². The van der Waals surface area contributed by atoms with Crippen molar-refractivity contribution in [3.63, 3.8) is 0 Å². The Balaban J connectivity index is 0. The molecule has 104 valence electrons. The van der Waals surface area contributed by atoms with E-state index in [2.05, 4.69) is 36.5 Å². The molecule has 0 heterocycles. The van der Waals surface area contributed by atoms with Gasteiger partial charge in [0.15, 0.2) is 0 Å². The summed E-state index contributed by atoms with van der Waals surface area (Å²) in [4.78, 5) is 9.51. The Morgan fingerprint density at radius 2 is 2.00 bits per heavy atom. The van der Waals surface area contributed by atoms with Gasteiger partial charge in [0.2, 0.25) is 0 Å². The van der Waals surface area contributed by atoms with Crippen LogP contribution in [0.3, 0.4) is 0 Å². The number of rotatable bonds is 5. The van der Waals surface area contributed by atoms with E-state index in [1.54, 1.807) is 0 Å². The zero-order valence-electron chi connectivity index (χ0n) is 12.2. The van der Waals surface area contributed by atoms with E-state index in [9.17, 15) is 4.79 Å². The summed E-state index contributed by atoms with van der Waals surface area (Å²) in [6, 6.07) is 8.45. The molecule has 0 aliphatic heterocycles. The van der Waals surface area contributed by atoms with E-state index in [0.717, 1.165) is 19.1 Å². The molecule has 0 saturated heterocycles. The summed E-state index contributed by atoms with van der Waals surface area (Å²) in [6.07, 6.45) is 3.42. The summed E-state index contributed by atoms with van der Waals surface area (Å²) in [5.74, 6) is 0. The monoisotopic (exact) mass is 252 g/mol. The number of aldehydes is 1. The van der Waals surface area contributed by atoms with Crippen molar-refractivity contribution in [1.82, 2.24) is 0 Å². The van der Waals surface area contributed by atoms with Gasteiger partial charge in [-0.25, -0.2) is 0 Å². The number of benzene rings is 1. The fourth-order valence-corrected chi connectivity index (χ4v) is 1.15. The summed E-state index contributed by atoms with van der Waals surface area (Å²) in [5.41, 5.74) is 7.63. The van der Waals surface area contributed by atoms with Crippen molar-refractivity contribution < 1.29 is 4.79 Å². The number of hydrogen-bond donors (Lipinski definition) is 2. The second-order valence-electron chi connectivity index (χ2n) is 3.40. The lowest BCUT2D eigenvalue weighted by Crippen LogP contribution is -1.97. The molecule has 3 N–H and O–H groups in total. The molecule has 0 saturated carbocycles. The average molecular weight is 252 g/mol. The quantitative estimate of drug-likeness (QED) is 0.625. The standard InChI is InChI=1S/C9H13N.C4H9NO.C2H6/c1-3-8-5-4-6-9(7-8)10-2;5-3-1-2-4-6;1-2/h4-7,10H,3H2,1-2H3;4H,1-3,5H2;1-2H3. The molecule has 0 aliphatic rings. The Labute approximate surface area is 112 Å². The van der Waals surface area contributed by atoms with Crippen LogP contribution in [0, 0.1) is 0 Å². The van der Waals surface area contributed by atoms with E-state index < -0.39 is 0 Å². The molecule has 0 atom stereocenters. The Kier molecular flexibility index (Phi) is 16.5. The first kappa shape index (κ1) is 19.0. The highest BCUT2D eigenvalue weighted by molar-refractivity contribution is 5.49. The first-order chi connectivity index (χ1) is 8.78. The number of carbonyl (C=O) groups is 1. The third-order valence-corrected chi connectivity index (χ3v) is 2.15. The van der Waals surface area contributed by atoms with E-state index in [4.69, 9.17) is 5.73 Å². The molecule has 0 amide bonds.